The molecule has 2 fully saturated rings. The van der Waals surface area contributed by atoms with Gasteiger partial charge in [0.1, 0.15) is 11.6 Å². The minimum absolute atomic E-state index is 0. The fraction of sp³-hybridized carbons (Fsp3) is 0.381. The Morgan fingerprint density at radius 3 is 2.48 bits per heavy atom. The quantitative estimate of drug-likeness (QED) is 0.722. The standard InChI is InChI=1S/C21H20F4N2O.ClH/c22-12-2-4-17(23)15(8-12)14-9-16(14)21(28)27-20-10-26-6-5-13(20)11-1-3-18(24)19(25)7-11;/h1-4,7-8,13-14,16,20,26H,5-6,9-10H2,(H,27,28);1H. The predicted octanol–water partition coefficient (Wildman–Crippen LogP) is 4.03. The first kappa shape index (κ1) is 21.6. The molecule has 29 heavy (non-hydrogen) atoms. The third-order valence-electron chi connectivity index (χ3n) is 5.67. The summed E-state index contributed by atoms with van der Waals surface area (Å²) in [5.41, 5.74) is 0.855. The van der Waals surface area contributed by atoms with E-state index in [2.05, 4.69) is 10.6 Å². The number of piperidine rings is 1. The molecule has 2 N–H and O–H groups in total. The lowest BCUT2D eigenvalue weighted by Crippen LogP contribution is -2.50. The molecule has 1 saturated carbocycles. The molecule has 0 bridgehead atoms. The minimum Gasteiger partial charge on any atom is -0.351 e. The Morgan fingerprint density at radius 1 is 0.966 bits per heavy atom. The highest BCUT2D eigenvalue weighted by Crippen LogP contribution is 2.48. The number of hydrogen-bond acceptors (Lipinski definition) is 2. The van der Waals surface area contributed by atoms with Gasteiger partial charge >= 0.3 is 0 Å². The van der Waals surface area contributed by atoms with Crippen LogP contribution < -0.4 is 10.6 Å². The zero-order chi connectivity index (χ0) is 19.8. The van der Waals surface area contributed by atoms with E-state index in [4.69, 9.17) is 0 Å². The van der Waals surface area contributed by atoms with Crippen LogP contribution in [0.5, 0.6) is 0 Å². The second kappa shape index (κ2) is 8.71. The van der Waals surface area contributed by atoms with E-state index >= 15 is 0 Å². The van der Waals surface area contributed by atoms with Crippen LogP contribution in [0.2, 0.25) is 0 Å². The van der Waals surface area contributed by atoms with E-state index in [9.17, 15) is 22.4 Å². The second-order valence-corrected chi connectivity index (χ2v) is 7.50. The van der Waals surface area contributed by atoms with Crippen LogP contribution in [-0.2, 0) is 4.79 Å². The summed E-state index contributed by atoms with van der Waals surface area (Å²) in [4.78, 5) is 12.7. The Bertz CT molecular complexity index is 910. The van der Waals surface area contributed by atoms with Crippen molar-refractivity contribution in [2.45, 2.75) is 30.7 Å². The van der Waals surface area contributed by atoms with E-state index < -0.39 is 29.2 Å². The fourth-order valence-corrected chi connectivity index (χ4v) is 4.07. The van der Waals surface area contributed by atoms with E-state index in [1.165, 1.54) is 12.1 Å². The molecule has 0 radical (unpaired) electrons. The SMILES string of the molecule is Cl.O=C(NC1CNCCC1c1ccc(F)c(F)c1)C1CC1c1cc(F)ccc1F. The number of carbonyl (C=O) groups is 1. The van der Waals surface area contributed by atoms with Gasteiger partial charge < -0.3 is 10.6 Å². The zero-order valence-corrected chi connectivity index (χ0v) is 16.2. The van der Waals surface area contributed by atoms with Crippen LogP contribution in [0.25, 0.3) is 0 Å². The molecule has 3 nitrogen and oxygen atoms in total. The molecule has 1 heterocycles. The minimum atomic E-state index is -0.912. The molecule has 1 amide bonds. The van der Waals surface area contributed by atoms with Crippen LogP contribution in [0.4, 0.5) is 17.6 Å². The maximum Gasteiger partial charge on any atom is 0.224 e. The van der Waals surface area contributed by atoms with Crippen LogP contribution >= 0.6 is 12.4 Å². The summed E-state index contributed by atoms with van der Waals surface area (Å²) in [7, 11) is 0. The van der Waals surface area contributed by atoms with Gasteiger partial charge in [0.05, 0.1) is 0 Å². The van der Waals surface area contributed by atoms with Crippen LogP contribution in [0, 0.1) is 29.2 Å². The van der Waals surface area contributed by atoms with Crippen molar-refractivity contribution in [3.05, 3.63) is 70.8 Å². The monoisotopic (exact) mass is 428 g/mol. The number of rotatable bonds is 4. The van der Waals surface area contributed by atoms with Crippen molar-refractivity contribution in [2.24, 2.45) is 5.92 Å². The first-order chi connectivity index (χ1) is 13.4. The Kier molecular flexibility index (Phi) is 6.49. The largest absolute Gasteiger partial charge is 0.351 e. The van der Waals surface area contributed by atoms with Crippen molar-refractivity contribution in [3.63, 3.8) is 0 Å². The molecule has 0 aromatic heterocycles. The van der Waals surface area contributed by atoms with Crippen molar-refractivity contribution in [3.8, 4) is 0 Å². The Labute approximate surface area is 172 Å². The van der Waals surface area contributed by atoms with Crippen molar-refractivity contribution < 1.29 is 22.4 Å². The maximum absolute atomic E-state index is 13.9. The van der Waals surface area contributed by atoms with Crippen molar-refractivity contribution in [1.29, 1.82) is 0 Å². The van der Waals surface area contributed by atoms with Crippen molar-refractivity contribution >= 4 is 18.3 Å². The molecule has 2 aromatic rings. The molecule has 1 saturated heterocycles. The van der Waals surface area contributed by atoms with E-state index in [0.29, 0.717) is 31.5 Å². The molecule has 4 unspecified atom stereocenters. The Hall–Kier alpha value is -2.12. The summed E-state index contributed by atoms with van der Waals surface area (Å²) in [6, 6.07) is 6.78. The van der Waals surface area contributed by atoms with E-state index in [1.54, 1.807) is 0 Å². The maximum atomic E-state index is 13.9. The van der Waals surface area contributed by atoms with Gasteiger partial charge in [-0.05, 0) is 66.8 Å². The van der Waals surface area contributed by atoms with Gasteiger partial charge in [-0.3, -0.25) is 4.79 Å². The first-order valence-corrected chi connectivity index (χ1v) is 9.35. The summed E-state index contributed by atoms with van der Waals surface area (Å²) in [5, 5.41) is 6.16. The van der Waals surface area contributed by atoms with Gasteiger partial charge in [0.2, 0.25) is 5.91 Å². The van der Waals surface area contributed by atoms with Gasteiger partial charge in [-0.1, -0.05) is 6.07 Å². The number of hydrogen-bond donors (Lipinski definition) is 2. The highest BCUT2D eigenvalue weighted by molar-refractivity contribution is 5.85. The number of halogens is 5. The van der Waals surface area contributed by atoms with Crippen LogP contribution in [-0.4, -0.2) is 25.0 Å². The number of benzene rings is 2. The van der Waals surface area contributed by atoms with Gasteiger partial charge in [-0.15, -0.1) is 12.4 Å². The molecule has 4 atom stereocenters. The van der Waals surface area contributed by atoms with E-state index in [0.717, 1.165) is 24.3 Å². The molecule has 8 heteroatoms. The van der Waals surface area contributed by atoms with Gasteiger partial charge in [0.15, 0.2) is 11.6 Å². The van der Waals surface area contributed by atoms with Crippen LogP contribution in [0.15, 0.2) is 36.4 Å². The summed E-state index contributed by atoms with van der Waals surface area (Å²) in [6.07, 6.45) is 1.13. The third-order valence-corrected chi connectivity index (χ3v) is 5.67. The van der Waals surface area contributed by atoms with Crippen molar-refractivity contribution in [1.82, 2.24) is 10.6 Å². The zero-order valence-electron chi connectivity index (χ0n) is 15.4. The predicted molar refractivity (Wildman–Crippen MR) is 103 cm³/mol. The Morgan fingerprint density at radius 2 is 1.72 bits per heavy atom. The lowest BCUT2D eigenvalue weighted by molar-refractivity contribution is -0.123. The highest BCUT2D eigenvalue weighted by Gasteiger charge is 2.46. The molecular weight excluding hydrogens is 408 g/mol. The molecule has 4 rings (SSSR count). The summed E-state index contributed by atoms with van der Waals surface area (Å²) >= 11 is 0. The van der Waals surface area contributed by atoms with Crippen LogP contribution in [0.1, 0.15) is 35.8 Å². The van der Waals surface area contributed by atoms with E-state index in [1.807, 2.05) is 0 Å². The fourth-order valence-electron chi connectivity index (χ4n) is 4.07. The van der Waals surface area contributed by atoms with Gasteiger partial charge in [0, 0.05) is 24.4 Å². The van der Waals surface area contributed by atoms with E-state index in [-0.39, 0.29) is 41.8 Å². The average Bonchev–Trinajstić information content (AvgIpc) is 3.47. The third kappa shape index (κ3) is 4.56. The van der Waals surface area contributed by atoms with Crippen molar-refractivity contribution in [2.75, 3.05) is 13.1 Å². The average molecular weight is 429 g/mol. The smallest absolute Gasteiger partial charge is 0.224 e. The number of amides is 1. The molecule has 2 aromatic carbocycles. The molecule has 1 aliphatic carbocycles. The molecule has 1 aliphatic heterocycles. The van der Waals surface area contributed by atoms with Gasteiger partial charge in [-0.2, -0.15) is 0 Å². The molecule has 156 valence electrons. The lowest BCUT2D eigenvalue weighted by atomic mass is 9.86. The molecule has 0 spiro atoms. The first-order valence-electron chi connectivity index (χ1n) is 9.35. The topological polar surface area (TPSA) is 41.1 Å². The second-order valence-electron chi connectivity index (χ2n) is 7.50. The van der Waals surface area contributed by atoms with Crippen LogP contribution in [0.3, 0.4) is 0 Å². The summed E-state index contributed by atoms with van der Waals surface area (Å²) < 4.78 is 54.2. The molecule has 2 aliphatic rings. The van der Waals surface area contributed by atoms with Gasteiger partial charge in [-0.25, -0.2) is 17.6 Å². The number of carbonyl (C=O) groups excluding carboxylic acids is 1. The molecular formula is C21H21ClF4N2O. The van der Waals surface area contributed by atoms with Gasteiger partial charge in [0.25, 0.3) is 0 Å². The normalized spacial score (nSPS) is 25.8. The highest BCUT2D eigenvalue weighted by atomic mass is 35.5. The Balaban J connectivity index is 0.00000240. The summed E-state index contributed by atoms with van der Waals surface area (Å²) in [5.74, 6) is -3.99. The number of nitrogens with one attached hydrogen (secondary N) is 2. The lowest BCUT2D eigenvalue weighted by Gasteiger charge is -2.33. The summed E-state index contributed by atoms with van der Waals surface area (Å²) in [6.45, 7) is 1.21.